The van der Waals surface area contributed by atoms with Crippen LogP contribution in [0.2, 0.25) is 0 Å². The van der Waals surface area contributed by atoms with E-state index in [0.29, 0.717) is 94.7 Å². The van der Waals surface area contributed by atoms with Crippen LogP contribution in [0.15, 0.2) is 292 Å². The van der Waals surface area contributed by atoms with E-state index in [1.807, 2.05) is 177 Å². The van der Waals surface area contributed by atoms with Crippen molar-refractivity contribution in [3.63, 3.8) is 0 Å². The van der Waals surface area contributed by atoms with E-state index < -0.39 is 15.9 Å². The van der Waals surface area contributed by atoms with E-state index >= 15 is 0 Å². The van der Waals surface area contributed by atoms with E-state index in [9.17, 15) is 22.8 Å². The normalized spacial score (nSPS) is 12.4. The van der Waals surface area contributed by atoms with Gasteiger partial charge in [-0.2, -0.15) is 45.9 Å². The maximum atomic E-state index is 12.8. The summed E-state index contributed by atoms with van der Waals surface area (Å²) in [6, 6.07) is 86.6. The van der Waals surface area contributed by atoms with Crippen molar-refractivity contribution in [2.75, 3.05) is 48.9 Å². The zero-order chi connectivity index (χ0) is 99.7. The molecule has 0 bridgehead atoms. The number of amides is 3. The number of hydrogen-bond acceptors (Lipinski definition) is 23. The predicted octanol–water partition coefficient (Wildman–Crippen LogP) is 19.8. The van der Waals surface area contributed by atoms with Gasteiger partial charge in [-0.3, -0.25) is 65.0 Å². The van der Waals surface area contributed by atoms with Crippen LogP contribution in [0.25, 0.3) is 156 Å². The van der Waals surface area contributed by atoms with Crippen LogP contribution in [0.1, 0.15) is 80.5 Å². The molecule has 3 aliphatic rings. The number of fused-ring (bicyclic) bond motifs is 7. The number of hydrogen-bond donors (Lipinski definition) is 13. The molecule has 9 aromatic heterocycles. The molecule has 36 nitrogen and oxygen atoms in total. The third-order valence-corrected chi connectivity index (χ3v) is 25.8. The van der Waals surface area contributed by atoms with Crippen LogP contribution in [0.4, 0.5) is 17.1 Å². The van der Waals surface area contributed by atoms with Gasteiger partial charge >= 0.3 is 0 Å². The molecule has 37 heteroatoms. The molecule has 3 amide bonds. The van der Waals surface area contributed by atoms with E-state index in [1.165, 1.54) is 25.5 Å². The summed E-state index contributed by atoms with van der Waals surface area (Å²) in [7, 11) is -1.97. The molecule has 0 saturated heterocycles. The van der Waals surface area contributed by atoms with Gasteiger partial charge in [0.15, 0.2) is 46.3 Å². The Labute approximate surface area is 833 Å². The molecule has 726 valence electrons. The van der Waals surface area contributed by atoms with Crippen molar-refractivity contribution in [2.24, 2.45) is 17.6 Å². The topological polar surface area (TPSA) is 503 Å². The van der Waals surface area contributed by atoms with E-state index in [-0.39, 0.29) is 17.6 Å². The molecule has 25 rings (SSSR count). The largest absolute Gasteiger partial charge is 0.497 e. The van der Waals surface area contributed by atoms with Gasteiger partial charge in [0.1, 0.15) is 67.9 Å². The number of aromatic nitrogens is 22. The highest BCUT2D eigenvalue weighted by atomic mass is 32.2. The van der Waals surface area contributed by atoms with Crippen molar-refractivity contribution >= 4 is 99.3 Å². The minimum Gasteiger partial charge on any atom is -0.497 e. The first-order valence-electron chi connectivity index (χ1n) is 47.0. The molecule has 1 aliphatic carbocycles. The number of aromatic amines is 9. The minimum absolute atomic E-state index is 0.120. The summed E-state index contributed by atoms with van der Waals surface area (Å²) in [4.78, 5) is 54.7. The van der Waals surface area contributed by atoms with Crippen LogP contribution < -0.4 is 44.8 Å². The number of carbonyl (C=O) groups excluding carboxylic acids is 3. The van der Waals surface area contributed by atoms with E-state index in [4.69, 9.17) is 29.4 Å². The number of nitrogens with one attached hydrogen (secondary N) is 12. The van der Waals surface area contributed by atoms with Crippen molar-refractivity contribution in [1.29, 1.82) is 0 Å². The lowest BCUT2D eigenvalue weighted by atomic mass is 10.0. The molecule has 0 radical (unpaired) electrons. The molecular formula is C109H94N26O10S. The number of sulfonamides is 1. The Morgan fingerprint density at radius 2 is 0.815 bits per heavy atom. The van der Waals surface area contributed by atoms with Crippen molar-refractivity contribution in [3.05, 3.63) is 331 Å². The number of benzene rings is 13. The predicted molar refractivity (Wildman–Crippen MR) is 557 cm³/mol. The molecule has 0 atom stereocenters. The summed E-state index contributed by atoms with van der Waals surface area (Å²) >= 11 is 0. The zero-order valence-corrected chi connectivity index (χ0v) is 79.9. The first kappa shape index (κ1) is 93.2. The number of nitrogens with zero attached hydrogens (tertiary/aromatic N) is 13. The van der Waals surface area contributed by atoms with Crippen LogP contribution in [0, 0.1) is 18.8 Å². The number of primary amides is 1. The minimum atomic E-state index is -3.57. The second-order valence-corrected chi connectivity index (χ2v) is 37.2. The van der Waals surface area contributed by atoms with Crippen molar-refractivity contribution < 1.29 is 46.5 Å². The van der Waals surface area contributed by atoms with E-state index in [2.05, 4.69) is 153 Å². The molecule has 22 aromatic rings. The first-order chi connectivity index (χ1) is 71.3. The average Bonchev–Trinajstić information content (AvgIpc) is 1.63. The monoisotopic (exact) mass is 1960 g/mol. The van der Waals surface area contributed by atoms with E-state index in [1.54, 1.807) is 104 Å². The van der Waals surface area contributed by atoms with Gasteiger partial charge in [-0.15, -0.1) is 0 Å². The van der Waals surface area contributed by atoms with Gasteiger partial charge in [-0.25, -0.2) is 28.4 Å². The lowest BCUT2D eigenvalue weighted by molar-refractivity contribution is 0.0996. The molecule has 2 aliphatic heterocycles. The Hall–Kier alpha value is -19.1. The molecule has 1 saturated carbocycles. The van der Waals surface area contributed by atoms with Gasteiger partial charge in [-0.05, 0) is 237 Å². The number of anilines is 3. The highest BCUT2D eigenvalue weighted by molar-refractivity contribution is 7.91. The number of aryl methyl sites for hydroxylation is 1. The van der Waals surface area contributed by atoms with Crippen molar-refractivity contribution in [2.45, 2.75) is 52.2 Å². The summed E-state index contributed by atoms with van der Waals surface area (Å²) in [6.07, 6.45) is 7.42. The average molecular weight is 1960 g/mol. The smallest absolute Gasteiger partial charge is 0.255 e. The lowest BCUT2D eigenvalue weighted by Crippen LogP contribution is -2.15. The summed E-state index contributed by atoms with van der Waals surface area (Å²) in [5, 5.41) is 76.6. The zero-order valence-electron chi connectivity index (χ0n) is 79.1. The highest BCUT2D eigenvalue weighted by Gasteiger charge is 2.27. The third-order valence-electron chi connectivity index (χ3n) is 24.5. The Morgan fingerprint density at radius 3 is 1.27 bits per heavy atom. The number of carbonyl (C=O) groups is 3. The fourth-order valence-corrected chi connectivity index (χ4v) is 18.2. The maximum Gasteiger partial charge on any atom is 0.255 e. The number of H-pyrrole nitrogens is 9. The molecule has 14 N–H and O–H groups in total. The fraction of sp³-hybridized carbons (Fsp3) is 0.138. The molecule has 0 spiro atoms. The lowest BCUT2D eigenvalue weighted by Gasteiger charge is -2.18. The molecule has 11 heterocycles. The molecule has 1 fully saturated rings. The standard InChI is InChI=1S/C23H18N6O2.C23H18N6O.C21H19N5O2.C21H21N5O2.C21H18N4O3S/c1-31-18-8-6-17(7-9-18)26-23(30)16-4-2-3-14(11-16)21-19-12-15(22-24-13-25-29-22)5-10-20(19)27-28-21;1-14-5-8-18(9-6-14)26-23(30)17-4-2-3-15(11-17)21-19-12-16(22-24-13-25-29-22)7-10-20(19)27-28-21;1-2-12(1)9-19-22-21(26-24-19)14-3-5-16-15(10-14)20(25-23-16)13-4-6-17-18(11-13)28-8-7-27-17;1-12(2)9-19-22-21(26-24-19)14-3-5-16-15(10-14)20(25-23-16)13-4-6-17-18(11-13)28-8-7-27-17;22-21(26)16-9-10-19-18(12-16)20(24-23-19)15-7-4-8-17(11-15)25-29(27,28)13-14-5-2-1-3-6-14/h2-13H,1H3,(H,26,30)(H,27,28)(H,24,25,29);2-13H,1H3,(H,26,30)(H,27,28)(H,24,25,29);3-6,10-12H,1-2,7-9H2,(H,23,25)(H,22,24,26);3-6,10-12H,7-9H2,1-2H3,(H,23,25)(H,22,24,26);1-12,25H,13H2,(H2,22,26)(H,23,24). The Balaban J connectivity index is 0.000000107. The second kappa shape index (κ2) is 41.4. The van der Waals surface area contributed by atoms with E-state index in [0.717, 1.165) is 198 Å². The van der Waals surface area contributed by atoms with Crippen LogP contribution >= 0.6 is 0 Å². The molecule has 0 unspecified atom stereocenters. The van der Waals surface area contributed by atoms with Crippen molar-refractivity contribution in [3.8, 4) is 131 Å². The Morgan fingerprint density at radius 1 is 0.397 bits per heavy atom. The van der Waals surface area contributed by atoms with Crippen LogP contribution in [-0.4, -0.2) is 171 Å². The van der Waals surface area contributed by atoms with Gasteiger partial charge in [-0.1, -0.05) is 98.3 Å². The van der Waals surface area contributed by atoms with Crippen LogP contribution in [0.3, 0.4) is 0 Å². The van der Waals surface area contributed by atoms with Crippen LogP contribution in [-0.2, 0) is 28.6 Å². The Bertz CT molecular complexity index is 8450. The summed E-state index contributed by atoms with van der Waals surface area (Å²) in [5.74, 6) is 8.76. The van der Waals surface area contributed by atoms with Gasteiger partial charge in [0.25, 0.3) is 11.8 Å². The Kier molecular flexibility index (Phi) is 26.4. The molecular weight excluding hydrogens is 1870 g/mol. The number of nitrogens with two attached hydrogens (primary N) is 1. The maximum absolute atomic E-state index is 12.8. The number of methoxy groups -OCH3 is 1. The van der Waals surface area contributed by atoms with Gasteiger partial charge in [0, 0.05) is 124 Å². The first-order valence-corrected chi connectivity index (χ1v) is 48.7. The third kappa shape index (κ3) is 21.3. The summed E-state index contributed by atoms with van der Waals surface area (Å²) < 4.78 is 55.5. The highest BCUT2D eigenvalue weighted by Crippen LogP contribution is 2.42. The van der Waals surface area contributed by atoms with Gasteiger partial charge in [0.05, 0.1) is 57.5 Å². The van der Waals surface area contributed by atoms with Gasteiger partial charge in [0.2, 0.25) is 15.9 Å². The number of ether oxygens (including phenoxy) is 5. The molecule has 13 aromatic carbocycles. The second-order valence-electron chi connectivity index (χ2n) is 35.5. The fourth-order valence-electron chi connectivity index (χ4n) is 17.1. The quantitative estimate of drug-likeness (QED) is 0.0283. The molecule has 146 heavy (non-hydrogen) atoms. The van der Waals surface area contributed by atoms with Gasteiger partial charge < -0.3 is 40.1 Å². The number of rotatable bonds is 23. The summed E-state index contributed by atoms with van der Waals surface area (Å²) in [5.41, 5.74) is 27.1. The van der Waals surface area contributed by atoms with Crippen LogP contribution in [0.5, 0.6) is 28.7 Å². The SMILES string of the molecule is CC(C)Cc1nc(-c2ccc3[nH]nc(-c4ccc5c(c4)OCCO5)c3c2)n[nH]1.COc1ccc(NC(=O)c2cccc(-c3n[nH]c4ccc(-c5ncn[nH]5)cc34)c2)cc1.Cc1ccc(NC(=O)c2cccc(-c3n[nH]c4ccc(-c5ncn[nH]5)cc34)c2)cc1.NC(=O)c1ccc2[nH]nc(-c3cccc(NS(=O)(=O)Cc4ccccc4)c3)c2c1.c1cc2[nH]nc(-c3ccc4c(c3)OCCO4)c2cc1-c1n[nH]c(CC2CC2)n1. The van der Waals surface area contributed by atoms with Crippen molar-refractivity contribution in [1.82, 2.24) is 112 Å². The summed E-state index contributed by atoms with van der Waals surface area (Å²) in [6.45, 7) is 8.63.